The normalized spacial score (nSPS) is 11.0. The van der Waals surface area contributed by atoms with E-state index in [4.69, 9.17) is 4.74 Å². The number of para-hydroxylation sites is 1. The molecular formula is C17H17NO7S. The summed E-state index contributed by atoms with van der Waals surface area (Å²) in [6, 6.07) is 9.14. The number of carbonyl (C=O) groups is 2. The van der Waals surface area contributed by atoms with Crippen LogP contribution in [0.1, 0.15) is 27.6 Å². The molecule has 0 spiro atoms. The fourth-order valence-corrected chi connectivity index (χ4v) is 4.00. The van der Waals surface area contributed by atoms with Crippen molar-refractivity contribution in [3.8, 4) is 5.75 Å². The molecule has 0 amide bonds. The summed E-state index contributed by atoms with van der Waals surface area (Å²) >= 11 is 0. The van der Waals surface area contributed by atoms with Crippen LogP contribution in [-0.4, -0.2) is 44.2 Å². The van der Waals surface area contributed by atoms with E-state index in [0.717, 1.165) is 10.4 Å². The molecule has 0 aliphatic carbocycles. The summed E-state index contributed by atoms with van der Waals surface area (Å²) in [4.78, 5) is 22.5. The van der Waals surface area contributed by atoms with Gasteiger partial charge in [0.2, 0.25) is 0 Å². The molecule has 0 fully saturated rings. The third kappa shape index (κ3) is 3.47. The Morgan fingerprint density at radius 1 is 1.04 bits per heavy atom. The van der Waals surface area contributed by atoms with E-state index >= 15 is 0 Å². The zero-order chi connectivity index (χ0) is 19.5. The molecule has 0 saturated heterocycles. The first kappa shape index (κ1) is 19.3. The first-order chi connectivity index (χ1) is 12.2. The predicted molar refractivity (Wildman–Crippen MR) is 93.6 cm³/mol. The van der Waals surface area contributed by atoms with Crippen molar-refractivity contribution >= 4 is 27.6 Å². The lowest BCUT2D eigenvalue weighted by atomic mass is 10.2. The number of carboxylic acid groups (broad SMARTS) is 2. The van der Waals surface area contributed by atoms with Crippen molar-refractivity contribution in [1.82, 2.24) is 0 Å². The first-order valence-electron chi connectivity index (χ1n) is 7.50. The maximum absolute atomic E-state index is 13.0. The predicted octanol–water partition coefficient (Wildman–Crippen LogP) is 2.31. The van der Waals surface area contributed by atoms with E-state index in [0.29, 0.717) is 0 Å². The van der Waals surface area contributed by atoms with Gasteiger partial charge in [-0.05, 0) is 37.3 Å². The summed E-state index contributed by atoms with van der Waals surface area (Å²) in [6.45, 7) is 1.51. The minimum Gasteiger partial charge on any atom is -0.496 e. The SMILES string of the molecule is CCN(c1ccccc1C(=O)O)S(=O)(=O)c1ccc(OC)c(C(=O)O)c1. The van der Waals surface area contributed by atoms with Crippen LogP contribution < -0.4 is 9.04 Å². The van der Waals surface area contributed by atoms with Crippen molar-refractivity contribution < 1.29 is 33.0 Å². The highest BCUT2D eigenvalue weighted by Gasteiger charge is 2.28. The van der Waals surface area contributed by atoms with Gasteiger partial charge in [-0.15, -0.1) is 0 Å². The standard InChI is InChI=1S/C17H17NO7S/c1-3-18(14-7-5-4-6-12(14)16(19)20)26(23,24)11-8-9-15(25-2)13(10-11)17(21)22/h4-10H,3H2,1-2H3,(H,19,20)(H,21,22). The minimum absolute atomic E-state index is 0.00445. The Hall–Kier alpha value is -3.07. The Balaban J connectivity index is 2.64. The molecule has 8 nitrogen and oxygen atoms in total. The number of rotatable bonds is 7. The molecule has 0 aliphatic rings. The Morgan fingerprint density at radius 3 is 2.19 bits per heavy atom. The third-order valence-electron chi connectivity index (χ3n) is 3.68. The smallest absolute Gasteiger partial charge is 0.339 e. The van der Waals surface area contributed by atoms with Crippen LogP contribution in [0.2, 0.25) is 0 Å². The van der Waals surface area contributed by atoms with Crippen molar-refractivity contribution in [2.24, 2.45) is 0 Å². The van der Waals surface area contributed by atoms with Gasteiger partial charge in [-0.25, -0.2) is 18.0 Å². The Morgan fingerprint density at radius 2 is 1.65 bits per heavy atom. The van der Waals surface area contributed by atoms with E-state index in [9.17, 15) is 28.2 Å². The fourth-order valence-electron chi connectivity index (χ4n) is 2.48. The lowest BCUT2D eigenvalue weighted by Crippen LogP contribution is -2.32. The Bertz CT molecular complexity index is 953. The summed E-state index contributed by atoms with van der Waals surface area (Å²) in [5.74, 6) is -2.59. The number of nitrogens with zero attached hydrogens (tertiary/aromatic N) is 1. The number of ether oxygens (including phenoxy) is 1. The number of carboxylic acids is 2. The van der Waals surface area contributed by atoms with Gasteiger partial charge in [0, 0.05) is 6.54 Å². The zero-order valence-electron chi connectivity index (χ0n) is 14.0. The van der Waals surface area contributed by atoms with Crippen molar-refractivity contribution in [1.29, 1.82) is 0 Å². The summed E-state index contributed by atoms with van der Waals surface area (Å²) in [5.41, 5.74) is -0.490. The van der Waals surface area contributed by atoms with E-state index in [1.54, 1.807) is 6.92 Å². The average molecular weight is 379 g/mol. The number of anilines is 1. The van der Waals surface area contributed by atoms with E-state index < -0.39 is 22.0 Å². The topological polar surface area (TPSA) is 121 Å². The second-order valence-electron chi connectivity index (χ2n) is 5.16. The van der Waals surface area contributed by atoms with Crippen LogP contribution in [0, 0.1) is 0 Å². The molecule has 0 unspecified atom stereocenters. The maximum Gasteiger partial charge on any atom is 0.339 e. The van der Waals surface area contributed by atoms with E-state index in [-0.39, 0.29) is 34.0 Å². The molecule has 0 heterocycles. The molecule has 0 atom stereocenters. The average Bonchev–Trinajstić information content (AvgIpc) is 2.61. The number of sulfonamides is 1. The second kappa shape index (κ2) is 7.44. The summed E-state index contributed by atoms with van der Waals surface area (Å²) < 4.78 is 31.9. The molecule has 26 heavy (non-hydrogen) atoms. The maximum atomic E-state index is 13.0. The van der Waals surface area contributed by atoms with Crippen LogP contribution in [-0.2, 0) is 10.0 Å². The molecule has 138 valence electrons. The van der Waals surface area contributed by atoms with Crippen LogP contribution in [0.15, 0.2) is 47.4 Å². The Kier molecular flexibility index (Phi) is 5.51. The highest BCUT2D eigenvalue weighted by atomic mass is 32.2. The van der Waals surface area contributed by atoms with Gasteiger partial charge in [0.25, 0.3) is 10.0 Å². The molecule has 2 aromatic carbocycles. The molecule has 2 N–H and O–H groups in total. The molecule has 0 saturated carbocycles. The number of hydrogen-bond donors (Lipinski definition) is 2. The summed E-state index contributed by atoms with van der Waals surface area (Å²) in [7, 11) is -2.91. The van der Waals surface area contributed by atoms with Crippen LogP contribution in [0.4, 0.5) is 5.69 Å². The minimum atomic E-state index is -4.19. The number of hydrogen-bond acceptors (Lipinski definition) is 5. The van der Waals surface area contributed by atoms with Crippen molar-refractivity contribution in [2.75, 3.05) is 18.0 Å². The zero-order valence-corrected chi connectivity index (χ0v) is 14.9. The molecule has 0 bridgehead atoms. The second-order valence-corrected chi connectivity index (χ2v) is 7.02. The highest BCUT2D eigenvalue weighted by molar-refractivity contribution is 7.92. The van der Waals surface area contributed by atoms with Crippen molar-refractivity contribution in [2.45, 2.75) is 11.8 Å². The first-order valence-corrected chi connectivity index (χ1v) is 8.94. The molecule has 0 aliphatic heterocycles. The van der Waals surface area contributed by atoms with Crippen molar-refractivity contribution in [3.63, 3.8) is 0 Å². The van der Waals surface area contributed by atoms with E-state index in [1.807, 2.05) is 0 Å². The van der Waals surface area contributed by atoms with E-state index in [1.165, 1.54) is 43.5 Å². The van der Waals surface area contributed by atoms with Gasteiger partial charge >= 0.3 is 11.9 Å². The molecule has 0 aromatic heterocycles. The molecule has 2 rings (SSSR count). The number of methoxy groups -OCH3 is 1. The van der Waals surface area contributed by atoms with Crippen LogP contribution in [0.5, 0.6) is 5.75 Å². The van der Waals surface area contributed by atoms with Gasteiger partial charge in [-0.1, -0.05) is 12.1 Å². The molecule has 9 heteroatoms. The van der Waals surface area contributed by atoms with Gasteiger partial charge in [0.1, 0.15) is 11.3 Å². The van der Waals surface area contributed by atoms with E-state index in [2.05, 4.69) is 0 Å². The Labute approximate surface area is 150 Å². The molecule has 0 radical (unpaired) electrons. The van der Waals surface area contributed by atoms with Gasteiger partial charge in [0.05, 0.1) is 23.3 Å². The third-order valence-corrected chi connectivity index (χ3v) is 5.56. The monoisotopic (exact) mass is 379 g/mol. The number of benzene rings is 2. The highest BCUT2D eigenvalue weighted by Crippen LogP contribution is 2.29. The van der Waals surface area contributed by atoms with Crippen LogP contribution in [0.3, 0.4) is 0 Å². The van der Waals surface area contributed by atoms with Gasteiger partial charge in [-0.2, -0.15) is 0 Å². The van der Waals surface area contributed by atoms with Gasteiger partial charge in [0.15, 0.2) is 0 Å². The van der Waals surface area contributed by atoms with Gasteiger partial charge in [-0.3, -0.25) is 4.31 Å². The fraction of sp³-hybridized carbons (Fsp3) is 0.176. The largest absolute Gasteiger partial charge is 0.496 e. The van der Waals surface area contributed by atoms with Crippen LogP contribution in [0.25, 0.3) is 0 Å². The lowest BCUT2D eigenvalue weighted by molar-refractivity contribution is 0.0684. The summed E-state index contributed by atoms with van der Waals surface area (Å²) in [5, 5.41) is 18.6. The van der Waals surface area contributed by atoms with Crippen molar-refractivity contribution in [3.05, 3.63) is 53.6 Å². The molecule has 2 aromatic rings. The summed E-state index contributed by atoms with van der Waals surface area (Å²) in [6.07, 6.45) is 0. The lowest BCUT2D eigenvalue weighted by Gasteiger charge is -2.24. The number of aromatic carboxylic acids is 2. The van der Waals surface area contributed by atoms with Crippen LogP contribution >= 0.6 is 0 Å². The quantitative estimate of drug-likeness (QED) is 0.757. The molecular weight excluding hydrogens is 362 g/mol. The van der Waals surface area contributed by atoms with Gasteiger partial charge < -0.3 is 14.9 Å².